The lowest BCUT2D eigenvalue weighted by atomic mass is 9.84. The summed E-state index contributed by atoms with van der Waals surface area (Å²) in [5.41, 5.74) is 2.81. The summed E-state index contributed by atoms with van der Waals surface area (Å²) in [4.78, 5) is 14.9. The van der Waals surface area contributed by atoms with Crippen LogP contribution in [0.3, 0.4) is 0 Å². The Morgan fingerprint density at radius 2 is 2.12 bits per heavy atom. The Bertz CT molecular complexity index is 773. The van der Waals surface area contributed by atoms with Gasteiger partial charge >= 0.3 is 0 Å². The Labute approximate surface area is 148 Å². The van der Waals surface area contributed by atoms with Gasteiger partial charge < -0.3 is 14.5 Å². The second kappa shape index (κ2) is 6.64. The number of piperidine rings is 1. The maximum atomic E-state index is 13.1. The van der Waals surface area contributed by atoms with E-state index in [0.29, 0.717) is 24.4 Å². The van der Waals surface area contributed by atoms with Crippen molar-refractivity contribution in [1.82, 2.24) is 10.1 Å². The van der Waals surface area contributed by atoms with E-state index in [2.05, 4.69) is 11.2 Å². The number of nitrogens with zero attached hydrogens (tertiary/aromatic N) is 2. The molecular formula is C20H26N2O3. The van der Waals surface area contributed by atoms with Gasteiger partial charge in [-0.05, 0) is 46.1 Å². The lowest BCUT2D eigenvalue weighted by Gasteiger charge is -2.38. The van der Waals surface area contributed by atoms with E-state index in [1.807, 2.05) is 44.7 Å². The van der Waals surface area contributed by atoms with Crippen LogP contribution in [0.15, 0.2) is 28.9 Å². The number of hydrogen-bond donors (Lipinski definition) is 1. The van der Waals surface area contributed by atoms with Gasteiger partial charge in [0.2, 0.25) is 0 Å². The minimum atomic E-state index is -0.788. The SMILES string of the molecule is Cc1ccc(-c2oncc2C(=O)N2CCC[C@@H](C(C)(C)O)C2)c(C)c1. The molecule has 2 aromatic rings. The molecule has 1 aliphatic heterocycles. The number of carbonyl (C=O) groups excluding carboxylic acids is 1. The monoisotopic (exact) mass is 342 g/mol. The first kappa shape index (κ1) is 17.7. The average molecular weight is 342 g/mol. The van der Waals surface area contributed by atoms with Gasteiger partial charge in [0.05, 0.1) is 11.8 Å². The lowest BCUT2D eigenvalue weighted by molar-refractivity contribution is -0.0146. The van der Waals surface area contributed by atoms with Crippen molar-refractivity contribution in [3.8, 4) is 11.3 Å². The predicted molar refractivity (Wildman–Crippen MR) is 96.3 cm³/mol. The molecule has 1 fully saturated rings. The number of carbonyl (C=O) groups is 1. The summed E-state index contributed by atoms with van der Waals surface area (Å²) in [6, 6.07) is 6.04. The van der Waals surface area contributed by atoms with Gasteiger partial charge in [-0.15, -0.1) is 0 Å². The Balaban J connectivity index is 1.88. The van der Waals surface area contributed by atoms with Crippen LogP contribution in [0.4, 0.5) is 0 Å². The molecule has 1 amide bonds. The highest BCUT2D eigenvalue weighted by Gasteiger charge is 2.34. The third-order valence-electron chi connectivity index (χ3n) is 5.14. The van der Waals surface area contributed by atoms with Gasteiger partial charge in [-0.2, -0.15) is 0 Å². The minimum Gasteiger partial charge on any atom is -0.390 e. The highest BCUT2D eigenvalue weighted by atomic mass is 16.5. The van der Waals surface area contributed by atoms with Crippen molar-refractivity contribution in [3.05, 3.63) is 41.1 Å². The molecule has 1 aliphatic rings. The standard InChI is InChI=1S/C20H26N2O3/c1-13-7-8-16(14(2)10-13)18-17(11-21-25-18)19(23)22-9-5-6-15(12-22)20(3,4)24/h7-8,10-11,15,24H,5-6,9,12H2,1-4H3/t15-/m1/s1. The molecule has 2 heterocycles. The van der Waals surface area contributed by atoms with E-state index in [0.717, 1.165) is 29.5 Å². The summed E-state index contributed by atoms with van der Waals surface area (Å²) in [6.07, 6.45) is 3.33. The van der Waals surface area contributed by atoms with Gasteiger partial charge in [-0.25, -0.2) is 0 Å². The highest BCUT2D eigenvalue weighted by Crippen LogP contribution is 2.31. The molecule has 5 heteroatoms. The van der Waals surface area contributed by atoms with E-state index in [1.54, 1.807) is 0 Å². The molecule has 1 saturated heterocycles. The Kier molecular flexibility index (Phi) is 4.69. The zero-order chi connectivity index (χ0) is 18.2. The second-order valence-electron chi connectivity index (χ2n) is 7.63. The number of rotatable bonds is 3. The smallest absolute Gasteiger partial charge is 0.259 e. The van der Waals surface area contributed by atoms with Crippen LogP contribution in [0.25, 0.3) is 11.3 Å². The maximum Gasteiger partial charge on any atom is 0.259 e. The summed E-state index contributed by atoms with van der Waals surface area (Å²) in [6.45, 7) is 8.92. The Hall–Kier alpha value is -2.14. The zero-order valence-corrected chi connectivity index (χ0v) is 15.4. The van der Waals surface area contributed by atoms with Crippen LogP contribution in [-0.4, -0.2) is 39.8 Å². The molecule has 5 nitrogen and oxygen atoms in total. The van der Waals surface area contributed by atoms with Crippen molar-refractivity contribution in [2.75, 3.05) is 13.1 Å². The fourth-order valence-corrected chi connectivity index (χ4v) is 3.56. The fourth-order valence-electron chi connectivity index (χ4n) is 3.56. The normalized spacial score (nSPS) is 18.4. The first-order chi connectivity index (χ1) is 11.8. The summed E-state index contributed by atoms with van der Waals surface area (Å²) in [5, 5.41) is 14.2. The molecule has 0 radical (unpaired) electrons. The van der Waals surface area contributed by atoms with Crippen LogP contribution in [-0.2, 0) is 0 Å². The third kappa shape index (κ3) is 3.61. The van der Waals surface area contributed by atoms with Gasteiger partial charge in [-0.1, -0.05) is 28.9 Å². The van der Waals surface area contributed by atoms with Crippen molar-refractivity contribution in [3.63, 3.8) is 0 Å². The molecule has 1 N–H and O–H groups in total. The van der Waals surface area contributed by atoms with Crippen LogP contribution < -0.4 is 0 Å². The van der Waals surface area contributed by atoms with Gasteiger partial charge in [0, 0.05) is 24.6 Å². The van der Waals surface area contributed by atoms with E-state index in [9.17, 15) is 9.90 Å². The van der Waals surface area contributed by atoms with Crippen LogP contribution in [0.1, 0.15) is 48.2 Å². The molecular weight excluding hydrogens is 316 g/mol. The molecule has 0 aliphatic carbocycles. The van der Waals surface area contributed by atoms with Gasteiger partial charge in [0.15, 0.2) is 5.76 Å². The largest absolute Gasteiger partial charge is 0.390 e. The van der Waals surface area contributed by atoms with Crippen LogP contribution >= 0.6 is 0 Å². The quantitative estimate of drug-likeness (QED) is 0.926. The molecule has 0 unspecified atom stereocenters. The highest BCUT2D eigenvalue weighted by molar-refractivity contribution is 5.99. The second-order valence-corrected chi connectivity index (χ2v) is 7.63. The van der Waals surface area contributed by atoms with E-state index in [-0.39, 0.29) is 11.8 Å². The van der Waals surface area contributed by atoms with Gasteiger partial charge in [0.25, 0.3) is 5.91 Å². The number of benzene rings is 1. The van der Waals surface area contributed by atoms with Crippen molar-refractivity contribution in [2.24, 2.45) is 5.92 Å². The topological polar surface area (TPSA) is 66.6 Å². The molecule has 25 heavy (non-hydrogen) atoms. The number of aromatic nitrogens is 1. The molecule has 0 saturated carbocycles. The number of aliphatic hydroxyl groups is 1. The summed E-state index contributed by atoms with van der Waals surface area (Å²) >= 11 is 0. The predicted octanol–water partition coefficient (Wildman–Crippen LogP) is 3.58. The molecule has 1 atom stereocenters. The number of likely N-dealkylation sites (tertiary alicyclic amines) is 1. The van der Waals surface area contributed by atoms with Gasteiger partial charge in [0.1, 0.15) is 5.56 Å². The first-order valence-electron chi connectivity index (χ1n) is 8.81. The number of hydrogen-bond acceptors (Lipinski definition) is 4. The Morgan fingerprint density at radius 3 is 2.80 bits per heavy atom. The molecule has 1 aromatic carbocycles. The molecule has 1 aromatic heterocycles. The molecule has 3 rings (SSSR count). The average Bonchev–Trinajstić information content (AvgIpc) is 3.03. The minimum absolute atomic E-state index is 0.0784. The van der Waals surface area contributed by atoms with Gasteiger partial charge in [-0.3, -0.25) is 4.79 Å². The summed E-state index contributed by atoms with van der Waals surface area (Å²) in [5.74, 6) is 0.521. The van der Waals surface area contributed by atoms with Crippen LogP contribution in [0, 0.1) is 19.8 Å². The van der Waals surface area contributed by atoms with Crippen molar-refractivity contribution in [2.45, 2.75) is 46.1 Å². The maximum absolute atomic E-state index is 13.1. The molecule has 134 valence electrons. The van der Waals surface area contributed by atoms with E-state index in [4.69, 9.17) is 4.52 Å². The van der Waals surface area contributed by atoms with Crippen molar-refractivity contribution in [1.29, 1.82) is 0 Å². The third-order valence-corrected chi connectivity index (χ3v) is 5.14. The number of aryl methyl sites for hydroxylation is 2. The van der Waals surface area contributed by atoms with E-state index in [1.165, 1.54) is 6.20 Å². The molecule has 0 spiro atoms. The molecule has 0 bridgehead atoms. The first-order valence-corrected chi connectivity index (χ1v) is 8.81. The van der Waals surface area contributed by atoms with E-state index >= 15 is 0 Å². The van der Waals surface area contributed by atoms with Crippen LogP contribution in [0.2, 0.25) is 0 Å². The summed E-state index contributed by atoms with van der Waals surface area (Å²) < 4.78 is 5.43. The van der Waals surface area contributed by atoms with Crippen molar-refractivity contribution >= 4 is 5.91 Å². The zero-order valence-electron chi connectivity index (χ0n) is 15.4. The van der Waals surface area contributed by atoms with Crippen molar-refractivity contribution < 1.29 is 14.4 Å². The fraction of sp³-hybridized carbons (Fsp3) is 0.500. The van der Waals surface area contributed by atoms with E-state index < -0.39 is 5.60 Å². The number of amides is 1. The summed E-state index contributed by atoms with van der Waals surface area (Å²) in [7, 11) is 0. The Morgan fingerprint density at radius 1 is 1.36 bits per heavy atom. The van der Waals surface area contributed by atoms with Crippen LogP contribution in [0.5, 0.6) is 0 Å². The lowest BCUT2D eigenvalue weighted by Crippen LogP contribution is -2.46.